The van der Waals surface area contributed by atoms with Crippen LogP contribution in [0, 0.1) is 0 Å². The van der Waals surface area contributed by atoms with E-state index in [1.165, 1.54) is 0 Å². The van der Waals surface area contributed by atoms with E-state index in [0.29, 0.717) is 12.8 Å². The number of aliphatic hydroxyl groups excluding tert-OH is 3. The molecule has 0 unspecified atom stereocenters. The lowest BCUT2D eigenvalue weighted by Gasteiger charge is -2.21. The first-order chi connectivity index (χ1) is 12.8. The zero-order chi connectivity index (χ0) is 20.7. The molecule has 0 aliphatic heterocycles. The number of hydrogen-bond acceptors (Lipinski definition) is 6. The molecule has 7 heteroatoms. The Kier molecular flexibility index (Phi) is 15.1. The number of hydrogen-bond donors (Lipinski definition) is 4. The van der Waals surface area contributed by atoms with Gasteiger partial charge in [-0.05, 0) is 19.3 Å². The molecular weight excluding hydrogens is 352 g/mol. The van der Waals surface area contributed by atoms with Gasteiger partial charge in [0.2, 0.25) is 0 Å². The zero-order valence-corrected chi connectivity index (χ0v) is 16.8. The maximum atomic E-state index is 12.0. The molecule has 0 saturated carbocycles. The van der Waals surface area contributed by atoms with E-state index in [1.54, 1.807) is 0 Å². The fourth-order valence-electron chi connectivity index (χ4n) is 2.99. The van der Waals surface area contributed by atoms with Crippen molar-refractivity contribution in [3.05, 3.63) is 0 Å². The molecule has 0 rings (SSSR count). The van der Waals surface area contributed by atoms with Crippen LogP contribution in [0.2, 0.25) is 0 Å². The Morgan fingerprint density at radius 2 is 1.30 bits per heavy atom. The van der Waals surface area contributed by atoms with Gasteiger partial charge in [0.25, 0.3) is 0 Å². The molecule has 0 fully saturated rings. The van der Waals surface area contributed by atoms with Gasteiger partial charge in [-0.1, -0.05) is 52.4 Å². The minimum atomic E-state index is -1.11. The SMILES string of the molecule is CCCCC[C@@H](O)C[C@@H](CC(=O)O)OC(=O)C[C@H](O)C[C@@H](O)CCCCC. The molecule has 7 nitrogen and oxygen atoms in total. The normalized spacial score (nSPS) is 15.7. The first kappa shape index (κ1) is 25.8. The molecule has 0 saturated heterocycles. The van der Waals surface area contributed by atoms with Gasteiger partial charge in [0.1, 0.15) is 6.10 Å². The van der Waals surface area contributed by atoms with Crippen LogP contribution in [-0.4, -0.2) is 56.8 Å². The highest BCUT2D eigenvalue weighted by molar-refractivity contribution is 5.71. The van der Waals surface area contributed by atoms with Gasteiger partial charge in [-0.15, -0.1) is 0 Å². The number of carbonyl (C=O) groups excluding carboxylic acids is 1. The van der Waals surface area contributed by atoms with E-state index < -0.39 is 36.4 Å². The number of unbranched alkanes of at least 4 members (excludes halogenated alkanes) is 4. The third-order valence-corrected chi connectivity index (χ3v) is 4.46. The summed E-state index contributed by atoms with van der Waals surface area (Å²) in [6.07, 6.45) is 2.97. The molecule has 0 aliphatic carbocycles. The van der Waals surface area contributed by atoms with Gasteiger partial charge in [-0.3, -0.25) is 9.59 Å². The summed E-state index contributed by atoms with van der Waals surface area (Å²) in [5.41, 5.74) is 0. The lowest BCUT2D eigenvalue weighted by atomic mass is 10.0. The number of carboxylic acids is 1. The summed E-state index contributed by atoms with van der Waals surface area (Å²) in [5.74, 6) is -1.82. The molecular formula is C20H38O7. The standard InChI is InChI=1S/C20H38O7/c1-3-5-7-9-15(21)11-17(23)13-20(26)27-18(14-19(24)25)12-16(22)10-8-6-4-2/h15-18,21-23H,3-14H2,1-2H3,(H,24,25)/t15-,16+,17+,18-/m0/s1. The third-order valence-electron chi connectivity index (χ3n) is 4.46. The number of aliphatic carboxylic acids is 1. The average Bonchev–Trinajstić information content (AvgIpc) is 2.54. The molecule has 0 heterocycles. The van der Waals surface area contributed by atoms with Gasteiger partial charge in [-0.25, -0.2) is 0 Å². The Bertz CT molecular complexity index is 400. The van der Waals surface area contributed by atoms with Crippen LogP contribution >= 0.6 is 0 Å². The smallest absolute Gasteiger partial charge is 0.308 e. The van der Waals surface area contributed by atoms with Crippen molar-refractivity contribution in [1.29, 1.82) is 0 Å². The molecule has 0 bridgehead atoms. The summed E-state index contributed by atoms with van der Waals surface area (Å²) in [6, 6.07) is 0. The van der Waals surface area contributed by atoms with Gasteiger partial charge in [0.05, 0.1) is 31.2 Å². The summed E-state index contributed by atoms with van der Waals surface area (Å²) in [6.45, 7) is 4.11. The summed E-state index contributed by atoms with van der Waals surface area (Å²) >= 11 is 0. The molecule has 0 aromatic rings. The predicted octanol–water partition coefficient (Wildman–Crippen LogP) is 2.79. The van der Waals surface area contributed by atoms with Crippen molar-refractivity contribution >= 4 is 11.9 Å². The van der Waals surface area contributed by atoms with E-state index in [-0.39, 0.29) is 25.7 Å². The Hall–Kier alpha value is -1.18. The Labute approximate surface area is 162 Å². The predicted molar refractivity (Wildman–Crippen MR) is 102 cm³/mol. The van der Waals surface area contributed by atoms with Crippen molar-refractivity contribution in [2.45, 2.75) is 115 Å². The number of esters is 1. The van der Waals surface area contributed by atoms with Crippen molar-refractivity contribution < 1.29 is 34.8 Å². The summed E-state index contributed by atoms with van der Waals surface area (Å²) < 4.78 is 5.17. The molecule has 0 aromatic heterocycles. The van der Waals surface area contributed by atoms with Crippen LogP contribution in [-0.2, 0) is 14.3 Å². The quantitative estimate of drug-likeness (QED) is 0.222. The van der Waals surface area contributed by atoms with Gasteiger partial charge in [0.15, 0.2) is 0 Å². The van der Waals surface area contributed by atoms with Crippen LogP contribution in [0.4, 0.5) is 0 Å². The van der Waals surface area contributed by atoms with E-state index in [2.05, 4.69) is 6.92 Å². The zero-order valence-electron chi connectivity index (χ0n) is 16.8. The lowest BCUT2D eigenvalue weighted by molar-refractivity contribution is -0.156. The summed E-state index contributed by atoms with van der Waals surface area (Å²) in [4.78, 5) is 23.0. The molecule has 4 atom stereocenters. The monoisotopic (exact) mass is 390 g/mol. The maximum Gasteiger partial charge on any atom is 0.308 e. The van der Waals surface area contributed by atoms with Crippen molar-refractivity contribution in [1.82, 2.24) is 0 Å². The van der Waals surface area contributed by atoms with Crippen molar-refractivity contribution in [3.8, 4) is 0 Å². The summed E-state index contributed by atoms with van der Waals surface area (Å²) in [5, 5.41) is 38.8. The van der Waals surface area contributed by atoms with Crippen LogP contribution in [0.5, 0.6) is 0 Å². The number of carboxylic acid groups (broad SMARTS) is 1. The molecule has 0 amide bonds. The Morgan fingerprint density at radius 3 is 1.78 bits per heavy atom. The number of aliphatic hydroxyl groups is 3. The van der Waals surface area contributed by atoms with Crippen LogP contribution in [0.25, 0.3) is 0 Å². The Morgan fingerprint density at radius 1 is 0.778 bits per heavy atom. The third kappa shape index (κ3) is 15.6. The molecule has 4 N–H and O–H groups in total. The number of ether oxygens (including phenoxy) is 1. The second kappa shape index (κ2) is 15.8. The van der Waals surface area contributed by atoms with E-state index >= 15 is 0 Å². The maximum absolute atomic E-state index is 12.0. The van der Waals surface area contributed by atoms with Crippen molar-refractivity contribution in [2.24, 2.45) is 0 Å². The van der Waals surface area contributed by atoms with Crippen LogP contribution in [0.15, 0.2) is 0 Å². The van der Waals surface area contributed by atoms with Gasteiger partial charge in [-0.2, -0.15) is 0 Å². The largest absolute Gasteiger partial charge is 0.481 e. The molecule has 0 aromatic carbocycles. The average molecular weight is 391 g/mol. The van der Waals surface area contributed by atoms with Crippen LogP contribution in [0.1, 0.15) is 90.9 Å². The first-order valence-corrected chi connectivity index (χ1v) is 10.2. The minimum absolute atomic E-state index is 0.0670. The molecule has 27 heavy (non-hydrogen) atoms. The fraction of sp³-hybridized carbons (Fsp3) is 0.900. The van der Waals surface area contributed by atoms with Crippen molar-refractivity contribution in [3.63, 3.8) is 0 Å². The fourth-order valence-corrected chi connectivity index (χ4v) is 2.99. The first-order valence-electron chi connectivity index (χ1n) is 10.2. The highest BCUT2D eigenvalue weighted by atomic mass is 16.5. The van der Waals surface area contributed by atoms with E-state index in [1.807, 2.05) is 6.92 Å². The number of rotatable bonds is 17. The topological polar surface area (TPSA) is 124 Å². The molecule has 160 valence electrons. The van der Waals surface area contributed by atoms with E-state index in [4.69, 9.17) is 9.84 Å². The van der Waals surface area contributed by atoms with Crippen LogP contribution < -0.4 is 0 Å². The second-order valence-electron chi connectivity index (χ2n) is 7.34. The summed E-state index contributed by atoms with van der Waals surface area (Å²) in [7, 11) is 0. The van der Waals surface area contributed by atoms with Gasteiger partial charge in [0, 0.05) is 6.42 Å². The molecule has 0 radical (unpaired) electrons. The number of carbonyl (C=O) groups is 2. The second-order valence-corrected chi connectivity index (χ2v) is 7.34. The minimum Gasteiger partial charge on any atom is -0.481 e. The molecule has 0 aliphatic rings. The van der Waals surface area contributed by atoms with Gasteiger partial charge >= 0.3 is 11.9 Å². The van der Waals surface area contributed by atoms with E-state index in [9.17, 15) is 24.9 Å². The highest BCUT2D eigenvalue weighted by Gasteiger charge is 2.23. The Balaban J connectivity index is 4.34. The molecule has 0 spiro atoms. The highest BCUT2D eigenvalue weighted by Crippen LogP contribution is 2.16. The van der Waals surface area contributed by atoms with E-state index in [0.717, 1.165) is 38.5 Å². The van der Waals surface area contributed by atoms with Crippen molar-refractivity contribution in [2.75, 3.05) is 0 Å². The lowest BCUT2D eigenvalue weighted by Crippen LogP contribution is -2.29. The van der Waals surface area contributed by atoms with Gasteiger partial charge < -0.3 is 25.2 Å². The van der Waals surface area contributed by atoms with Crippen LogP contribution in [0.3, 0.4) is 0 Å².